The van der Waals surface area contributed by atoms with E-state index in [9.17, 15) is 13.2 Å². The Morgan fingerprint density at radius 3 is 2.83 bits per heavy atom. The van der Waals surface area contributed by atoms with Crippen molar-refractivity contribution in [2.24, 2.45) is 0 Å². The number of aryl methyl sites for hydroxylation is 1. The van der Waals surface area contributed by atoms with Crippen molar-refractivity contribution in [1.29, 1.82) is 0 Å². The summed E-state index contributed by atoms with van der Waals surface area (Å²) in [5.74, 6) is -0.261. The average molecular weight is 252 g/mol. The molecule has 0 fully saturated rings. The molecule has 94 valence electrons. The van der Waals surface area contributed by atoms with Crippen molar-refractivity contribution >= 4 is 5.69 Å². The molecular weight excluding hydrogens is 241 g/mol. The molecule has 0 spiro atoms. The van der Waals surface area contributed by atoms with Crippen LogP contribution in [-0.4, -0.2) is 17.2 Å². The Hall–Kier alpha value is -1.78. The van der Waals surface area contributed by atoms with Gasteiger partial charge in [0.05, 0.1) is 23.0 Å². The zero-order chi connectivity index (χ0) is 12.9. The van der Waals surface area contributed by atoms with Gasteiger partial charge in [-0.05, 0) is 18.6 Å². The fourth-order valence-corrected chi connectivity index (χ4v) is 2.51. The molecule has 1 aromatic rings. The molecule has 0 aromatic carbocycles. The van der Waals surface area contributed by atoms with Crippen LogP contribution in [0.15, 0.2) is 36.1 Å². The molecule has 0 bridgehead atoms. The van der Waals surface area contributed by atoms with Gasteiger partial charge in [0, 0.05) is 12.1 Å². The number of aromatic nitrogens is 1. The molecule has 5 heteroatoms. The molecule has 1 aromatic heterocycles. The number of rotatable bonds is 0. The van der Waals surface area contributed by atoms with Crippen LogP contribution in [0, 0.1) is 6.92 Å². The van der Waals surface area contributed by atoms with Crippen LogP contribution in [0.2, 0.25) is 0 Å². The van der Waals surface area contributed by atoms with Gasteiger partial charge in [-0.2, -0.15) is 13.2 Å². The van der Waals surface area contributed by atoms with E-state index in [4.69, 9.17) is 0 Å². The lowest BCUT2D eigenvalue weighted by molar-refractivity contribution is -0.0887. The van der Waals surface area contributed by atoms with E-state index in [0.717, 1.165) is 23.0 Å². The maximum absolute atomic E-state index is 12.7. The molecule has 0 saturated heterocycles. The standard InChI is InChI=1S/C13H11F3N2/c1-7-12-9(4-5-17-7)10-6-8(13(14,15)16)2-3-11(10)18-12/h2-6,10-11,18H,1H3. The van der Waals surface area contributed by atoms with Crippen molar-refractivity contribution in [3.63, 3.8) is 0 Å². The lowest BCUT2D eigenvalue weighted by Crippen LogP contribution is -2.22. The molecule has 1 N–H and O–H groups in total. The molecule has 0 radical (unpaired) electrons. The lowest BCUT2D eigenvalue weighted by atomic mass is 9.89. The Balaban J connectivity index is 2.06. The lowest BCUT2D eigenvalue weighted by Gasteiger charge is -2.20. The minimum absolute atomic E-state index is 0.103. The van der Waals surface area contributed by atoms with Crippen molar-refractivity contribution in [3.8, 4) is 0 Å². The Morgan fingerprint density at radius 1 is 1.33 bits per heavy atom. The number of hydrogen-bond acceptors (Lipinski definition) is 2. The van der Waals surface area contributed by atoms with Crippen LogP contribution < -0.4 is 5.32 Å². The molecule has 1 aliphatic carbocycles. The van der Waals surface area contributed by atoms with E-state index in [0.29, 0.717) is 0 Å². The minimum atomic E-state index is -4.29. The van der Waals surface area contributed by atoms with E-state index in [1.54, 1.807) is 18.3 Å². The van der Waals surface area contributed by atoms with Crippen LogP contribution in [0.4, 0.5) is 18.9 Å². The predicted molar refractivity (Wildman–Crippen MR) is 62.4 cm³/mol. The summed E-state index contributed by atoms with van der Waals surface area (Å²) in [5, 5.41) is 3.22. The second-order valence-electron chi connectivity index (χ2n) is 4.54. The summed E-state index contributed by atoms with van der Waals surface area (Å²) in [6.45, 7) is 1.85. The van der Waals surface area contributed by atoms with Crippen LogP contribution in [0.3, 0.4) is 0 Å². The normalized spacial score (nSPS) is 25.2. The van der Waals surface area contributed by atoms with Crippen molar-refractivity contribution < 1.29 is 13.2 Å². The zero-order valence-electron chi connectivity index (χ0n) is 9.62. The van der Waals surface area contributed by atoms with Gasteiger partial charge in [0.25, 0.3) is 0 Å². The Kier molecular flexibility index (Phi) is 2.27. The zero-order valence-corrected chi connectivity index (χ0v) is 9.62. The summed E-state index contributed by atoms with van der Waals surface area (Å²) in [5.41, 5.74) is 1.99. The fourth-order valence-electron chi connectivity index (χ4n) is 2.51. The number of allylic oxidation sites excluding steroid dienone is 2. The van der Waals surface area contributed by atoms with Gasteiger partial charge in [-0.3, -0.25) is 4.98 Å². The number of fused-ring (bicyclic) bond motifs is 3. The first kappa shape index (κ1) is 11.3. The molecule has 3 rings (SSSR count). The molecule has 2 nitrogen and oxygen atoms in total. The Labute approximate surface area is 102 Å². The average Bonchev–Trinajstić information content (AvgIpc) is 2.67. The van der Waals surface area contributed by atoms with Gasteiger partial charge in [0.15, 0.2) is 0 Å². The van der Waals surface area contributed by atoms with Crippen molar-refractivity contribution in [2.75, 3.05) is 5.32 Å². The molecular formula is C13H11F3N2. The highest BCUT2D eigenvalue weighted by Gasteiger charge is 2.39. The number of alkyl halides is 3. The number of nitrogens with zero attached hydrogens (tertiary/aromatic N) is 1. The number of anilines is 1. The first-order chi connectivity index (χ1) is 8.47. The summed E-state index contributed by atoms with van der Waals surface area (Å²) < 4.78 is 38.1. The third-order valence-corrected chi connectivity index (χ3v) is 3.40. The molecule has 0 saturated carbocycles. The number of hydrogen-bond donors (Lipinski definition) is 1. The van der Waals surface area contributed by atoms with E-state index in [1.165, 1.54) is 6.08 Å². The Morgan fingerprint density at radius 2 is 2.11 bits per heavy atom. The summed E-state index contributed by atoms with van der Waals surface area (Å²) in [4.78, 5) is 4.15. The second-order valence-corrected chi connectivity index (χ2v) is 4.54. The van der Waals surface area contributed by atoms with Gasteiger partial charge in [-0.15, -0.1) is 0 Å². The van der Waals surface area contributed by atoms with Gasteiger partial charge in [0.2, 0.25) is 0 Å². The molecule has 1 aliphatic heterocycles. The van der Waals surface area contributed by atoms with Crippen LogP contribution in [0.5, 0.6) is 0 Å². The third kappa shape index (κ3) is 1.62. The molecule has 18 heavy (non-hydrogen) atoms. The SMILES string of the molecule is Cc1nccc2c1NC1C=CC(C(F)(F)F)=CC21. The summed E-state index contributed by atoms with van der Waals surface area (Å²) in [7, 11) is 0. The second kappa shape index (κ2) is 3.60. The van der Waals surface area contributed by atoms with Crippen LogP contribution in [0.25, 0.3) is 0 Å². The van der Waals surface area contributed by atoms with Crippen LogP contribution in [-0.2, 0) is 0 Å². The topological polar surface area (TPSA) is 24.9 Å². The molecule has 2 unspecified atom stereocenters. The van der Waals surface area contributed by atoms with Crippen molar-refractivity contribution in [1.82, 2.24) is 4.98 Å². The van der Waals surface area contributed by atoms with Crippen molar-refractivity contribution in [2.45, 2.75) is 25.1 Å². The van der Waals surface area contributed by atoms with Gasteiger partial charge in [-0.25, -0.2) is 0 Å². The molecule has 2 aliphatic rings. The minimum Gasteiger partial charge on any atom is -0.376 e. The quantitative estimate of drug-likeness (QED) is 0.766. The fraction of sp³-hybridized carbons (Fsp3) is 0.308. The van der Waals surface area contributed by atoms with E-state index >= 15 is 0 Å². The van der Waals surface area contributed by atoms with E-state index < -0.39 is 11.7 Å². The first-order valence-corrected chi connectivity index (χ1v) is 5.66. The predicted octanol–water partition coefficient (Wildman–Crippen LogP) is 3.33. The summed E-state index contributed by atoms with van der Waals surface area (Å²) in [6, 6.07) is 1.68. The highest BCUT2D eigenvalue weighted by molar-refractivity contribution is 5.65. The maximum Gasteiger partial charge on any atom is 0.416 e. The third-order valence-electron chi connectivity index (χ3n) is 3.40. The van der Waals surface area contributed by atoms with Crippen molar-refractivity contribution in [3.05, 3.63) is 47.3 Å². The molecule has 2 atom stereocenters. The van der Waals surface area contributed by atoms with Gasteiger partial charge in [0.1, 0.15) is 0 Å². The van der Waals surface area contributed by atoms with Gasteiger partial charge >= 0.3 is 6.18 Å². The van der Waals surface area contributed by atoms with Gasteiger partial charge < -0.3 is 5.32 Å². The maximum atomic E-state index is 12.7. The first-order valence-electron chi connectivity index (χ1n) is 5.66. The van der Waals surface area contributed by atoms with Crippen LogP contribution in [0.1, 0.15) is 17.2 Å². The van der Waals surface area contributed by atoms with E-state index in [-0.39, 0.29) is 12.0 Å². The smallest absolute Gasteiger partial charge is 0.376 e. The van der Waals surface area contributed by atoms with E-state index in [2.05, 4.69) is 10.3 Å². The summed E-state index contributed by atoms with van der Waals surface area (Å²) in [6.07, 6.45) is 1.36. The highest BCUT2D eigenvalue weighted by atomic mass is 19.4. The largest absolute Gasteiger partial charge is 0.416 e. The summed E-state index contributed by atoms with van der Waals surface area (Å²) >= 11 is 0. The monoisotopic (exact) mass is 252 g/mol. The van der Waals surface area contributed by atoms with Crippen LogP contribution >= 0.6 is 0 Å². The Bertz CT molecular complexity index is 558. The number of nitrogens with one attached hydrogen (secondary N) is 1. The number of pyridine rings is 1. The van der Waals surface area contributed by atoms with E-state index in [1.807, 2.05) is 6.92 Å². The number of halogens is 3. The highest BCUT2D eigenvalue weighted by Crippen LogP contribution is 2.43. The molecule has 2 heterocycles. The molecule has 0 amide bonds. The van der Waals surface area contributed by atoms with Gasteiger partial charge in [-0.1, -0.05) is 18.2 Å².